The minimum atomic E-state index is 0.239. The van der Waals surface area contributed by atoms with Crippen LogP contribution in [0.1, 0.15) is 20.3 Å². The Balaban J connectivity index is 2.22. The lowest BCUT2D eigenvalue weighted by Crippen LogP contribution is -2.50. The molecule has 4 heteroatoms. The van der Waals surface area contributed by atoms with Gasteiger partial charge in [-0.1, -0.05) is 6.92 Å². The maximum atomic E-state index is 11.8. The molecule has 15 heavy (non-hydrogen) atoms. The predicted molar refractivity (Wildman–Crippen MR) is 61.8 cm³/mol. The second-order valence-electron chi connectivity index (χ2n) is 4.37. The first-order valence-electron chi connectivity index (χ1n) is 5.83. The summed E-state index contributed by atoms with van der Waals surface area (Å²) < 4.78 is 0. The lowest BCUT2D eigenvalue weighted by molar-refractivity contribution is -0.131. The van der Waals surface area contributed by atoms with E-state index in [0.29, 0.717) is 12.6 Å². The van der Waals surface area contributed by atoms with E-state index < -0.39 is 0 Å². The summed E-state index contributed by atoms with van der Waals surface area (Å²) in [5.41, 5.74) is 0. The molecular formula is C11H23N3O. The summed E-state index contributed by atoms with van der Waals surface area (Å²) in [5.74, 6) is 0.239. The Labute approximate surface area is 92.6 Å². The standard InChI is InChI=1S/C11H23N3O/c1-4-10(2)12-9-11(15)14-7-5-13(3)6-8-14/h10,12H,4-9H2,1-3H3/t10-/m0/s1. The molecule has 1 N–H and O–H groups in total. The third kappa shape index (κ3) is 4.18. The van der Waals surface area contributed by atoms with Gasteiger partial charge < -0.3 is 15.1 Å². The van der Waals surface area contributed by atoms with E-state index in [4.69, 9.17) is 0 Å². The van der Waals surface area contributed by atoms with Gasteiger partial charge in [-0.3, -0.25) is 4.79 Å². The van der Waals surface area contributed by atoms with Crippen LogP contribution in [0.4, 0.5) is 0 Å². The zero-order chi connectivity index (χ0) is 11.3. The minimum absolute atomic E-state index is 0.239. The molecule has 1 aliphatic rings. The molecule has 1 aliphatic heterocycles. The third-order valence-corrected chi connectivity index (χ3v) is 3.07. The van der Waals surface area contributed by atoms with Gasteiger partial charge >= 0.3 is 0 Å². The van der Waals surface area contributed by atoms with Crippen LogP contribution in [-0.4, -0.2) is 61.5 Å². The molecule has 1 atom stereocenters. The van der Waals surface area contributed by atoms with Crippen molar-refractivity contribution in [2.24, 2.45) is 0 Å². The Kier molecular flexibility index (Phi) is 5.05. The van der Waals surface area contributed by atoms with Crippen molar-refractivity contribution < 1.29 is 4.79 Å². The molecule has 0 aliphatic carbocycles. The molecule has 0 aromatic rings. The fourth-order valence-corrected chi connectivity index (χ4v) is 1.57. The molecule has 0 spiro atoms. The first-order chi connectivity index (χ1) is 7.13. The van der Waals surface area contributed by atoms with E-state index in [0.717, 1.165) is 32.6 Å². The first-order valence-corrected chi connectivity index (χ1v) is 5.83. The Morgan fingerprint density at radius 3 is 2.47 bits per heavy atom. The molecular weight excluding hydrogens is 190 g/mol. The Bertz CT molecular complexity index is 200. The molecule has 1 saturated heterocycles. The summed E-state index contributed by atoms with van der Waals surface area (Å²) in [6, 6.07) is 0.432. The maximum absolute atomic E-state index is 11.8. The SMILES string of the molecule is CC[C@H](C)NCC(=O)N1CCN(C)CC1. The molecule has 88 valence electrons. The van der Waals surface area contributed by atoms with Gasteiger partial charge in [0.2, 0.25) is 5.91 Å². The first kappa shape index (κ1) is 12.5. The number of carbonyl (C=O) groups is 1. The molecule has 1 rings (SSSR count). The highest BCUT2D eigenvalue weighted by molar-refractivity contribution is 5.78. The molecule has 0 radical (unpaired) electrons. The van der Waals surface area contributed by atoms with Crippen molar-refractivity contribution in [3.05, 3.63) is 0 Å². The maximum Gasteiger partial charge on any atom is 0.236 e. The van der Waals surface area contributed by atoms with Crippen LogP contribution in [0, 0.1) is 0 Å². The van der Waals surface area contributed by atoms with E-state index in [2.05, 4.69) is 31.1 Å². The number of piperazine rings is 1. The lowest BCUT2D eigenvalue weighted by Gasteiger charge is -2.32. The molecule has 1 amide bonds. The van der Waals surface area contributed by atoms with Crippen LogP contribution in [0.2, 0.25) is 0 Å². The minimum Gasteiger partial charge on any atom is -0.339 e. The fraction of sp³-hybridized carbons (Fsp3) is 0.909. The summed E-state index contributed by atoms with van der Waals surface area (Å²) in [5, 5.41) is 3.24. The second kappa shape index (κ2) is 6.08. The number of amides is 1. The smallest absolute Gasteiger partial charge is 0.236 e. The third-order valence-electron chi connectivity index (χ3n) is 3.07. The highest BCUT2D eigenvalue weighted by Gasteiger charge is 2.18. The van der Waals surface area contributed by atoms with Gasteiger partial charge in [-0.05, 0) is 20.4 Å². The number of hydrogen-bond donors (Lipinski definition) is 1. The zero-order valence-corrected chi connectivity index (χ0v) is 10.1. The number of likely N-dealkylation sites (N-methyl/N-ethyl adjacent to an activating group) is 1. The number of rotatable bonds is 4. The normalized spacial score (nSPS) is 20.3. The summed E-state index contributed by atoms with van der Waals surface area (Å²) in [6.07, 6.45) is 1.07. The van der Waals surface area contributed by atoms with Crippen molar-refractivity contribution in [3.63, 3.8) is 0 Å². The van der Waals surface area contributed by atoms with Gasteiger partial charge in [0, 0.05) is 32.2 Å². The van der Waals surface area contributed by atoms with Crippen LogP contribution in [0.25, 0.3) is 0 Å². The molecule has 1 heterocycles. The summed E-state index contributed by atoms with van der Waals surface area (Å²) in [4.78, 5) is 16.0. The molecule has 0 unspecified atom stereocenters. The van der Waals surface area contributed by atoms with Crippen LogP contribution < -0.4 is 5.32 Å². The lowest BCUT2D eigenvalue weighted by atomic mass is 10.2. The van der Waals surface area contributed by atoms with Crippen molar-refractivity contribution in [1.29, 1.82) is 0 Å². The van der Waals surface area contributed by atoms with Gasteiger partial charge in [0.25, 0.3) is 0 Å². The fourth-order valence-electron chi connectivity index (χ4n) is 1.57. The highest BCUT2D eigenvalue weighted by Crippen LogP contribution is 1.99. The van der Waals surface area contributed by atoms with Crippen molar-refractivity contribution in [2.75, 3.05) is 39.8 Å². The van der Waals surface area contributed by atoms with E-state index in [1.54, 1.807) is 0 Å². The van der Waals surface area contributed by atoms with Crippen molar-refractivity contribution in [2.45, 2.75) is 26.3 Å². The molecule has 1 fully saturated rings. The van der Waals surface area contributed by atoms with Crippen LogP contribution in [0.5, 0.6) is 0 Å². The number of nitrogens with one attached hydrogen (secondary N) is 1. The van der Waals surface area contributed by atoms with Gasteiger partial charge in [-0.25, -0.2) is 0 Å². The largest absolute Gasteiger partial charge is 0.339 e. The van der Waals surface area contributed by atoms with E-state index in [1.165, 1.54) is 0 Å². The molecule has 4 nitrogen and oxygen atoms in total. The molecule has 0 aromatic carbocycles. The van der Waals surface area contributed by atoms with Crippen LogP contribution in [0.15, 0.2) is 0 Å². The van der Waals surface area contributed by atoms with Crippen LogP contribution in [0.3, 0.4) is 0 Å². The Hall–Kier alpha value is -0.610. The number of nitrogens with zero attached hydrogens (tertiary/aromatic N) is 2. The zero-order valence-electron chi connectivity index (χ0n) is 10.1. The van der Waals surface area contributed by atoms with Crippen molar-refractivity contribution >= 4 is 5.91 Å². The number of carbonyl (C=O) groups excluding carboxylic acids is 1. The molecule has 0 aromatic heterocycles. The second-order valence-corrected chi connectivity index (χ2v) is 4.37. The topological polar surface area (TPSA) is 35.6 Å². The van der Waals surface area contributed by atoms with E-state index in [-0.39, 0.29) is 5.91 Å². The number of hydrogen-bond acceptors (Lipinski definition) is 3. The monoisotopic (exact) mass is 213 g/mol. The van der Waals surface area contributed by atoms with E-state index in [1.807, 2.05) is 4.90 Å². The van der Waals surface area contributed by atoms with Gasteiger partial charge in [-0.15, -0.1) is 0 Å². The van der Waals surface area contributed by atoms with E-state index >= 15 is 0 Å². The van der Waals surface area contributed by atoms with Gasteiger partial charge in [-0.2, -0.15) is 0 Å². The van der Waals surface area contributed by atoms with Gasteiger partial charge in [0.05, 0.1) is 6.54 Å². The summed E-state index contributed by atoms with van der Waals surface area (Å²) >= 11 is 0. The predicted octanol–water partition coefficient (Wildman–Crippen LogP) is 0.149. The van der Waals surface area contributed by atoms with Crippen molar-refractivity contribution in [3.8, 4) is 0 Å². The average Bonchev–Trinajstić information content (AvgIpc) is 2.26. The van der Waals surface area contributed by atoms with Crippen LogP contribution in [-0.2, 0) is 4.79 Å². The molecule has 0 bridgehead atoms. The summed E-state index contributed by atoms with van der Waals surface area (Å²) in [6.45, 7) is 8.45. The van der Waals surface area contributed by atoms with E-state index in [9.17, 15) is 4.79 Å². The summed E-state index contributed by atoms with van der Waals surface area (Å²) in [7, 11) is 2.10. The Morgan fingerprint density at radius 1 is 1.33 bits per heavy atom. The highest BCUT2D eigenvalue weighted by atomic mass is 16.2. The van der Waals surface area contributed by atoms with Gasteiger partial charge in [0.15, 0.2) is 0 Å². The van der Waals surface area contributed by atoms with Crippen molar-refractivity contribution in [1.82, 2.24) is 15.1 Å². The quantitative estimate of drug-likeness (QED) is 0.722. The van der Waals surface area contributed by atoms with Gasteiger partial charge in [0.1, 0.15) is 0 Å². The average molecular weight is 213 g/mol. The molecule has 0 saturated carbocycles. The van der Waals surface area contributed by atoms with Crippen LogP contribution >= 0.6 is 0 Å². The Morgan fingerprint density at radius 2 is 1.93 bits per heavy atom.